The van der Waals surface area contributed by atoms with Crippen LogP contribution in [0.15, 0.2) is 83.3 Å². The molecule has 32 heavy (non-hydrogen) atoms. The molecule has 0 aliphatic rings. The number of hydrogen-bond donors (Lipinski definition) is 3. The van der Waals surface area contributed by atoms with E-state index in [1.165, 1.54) is 0 Å². The predicted octanol–water partition coefficient (Wildman–Crippen LogP) is 4.20. The Labute approximate surface area is 196 Å². The second-order valence-electron chi connectivity index (χ2n) is 7.13. The third-order valence-corrected chi connectivity index (χ3v) is 5.41. The first-order valence-electron chi connectivity index (χ1n) is 10.3. The molecule has 0 fully saturated rings. The summed E-state index contributed by atoms with van der Waals surface area (Å²) >= 11 is 3.37. The first-order chi connectivity index (χ1) is 15.6. The zero-order valence-corrected chi connectivity index (χ0v) is 19.4. The van der Waals surface area contributed by atoms with Crippen molar-refractivity contribution in [3.05, 3.63) is 94.5 Å². The molecule has 3 aromatic carbocycles. The van der Waals surface area contributed by atoms with Gasteiger partial charge in [-0.25, -0.2) is 0 Å². The van der Waals surface area contributed by atoms with Crippen LogP contribution in [0.5, 0.6) is 5.75 Å². The van der Waals surface area contributed by atoms with Gasteiger partial charge in [-0.1, -0.05) is 52.3 Å². The summed E-state index contributed by atoms with van der Waals surface area (Å²) in [5, 5.41) is 9.11. The van der Waals surface area contributed by atoms with Crippen LogP contribution in [0.3, 0.4) is 0 Å². The Balaban J connectivity index is 1.55. The van der Waals surface area contributed by atoms with E-state index in [2.05, 4.69) is 31.9 Å². The summed E-state index contributed by atoms with van der Waals surface area (Å²) in [4.78, 5) is 25.5. The number of nitrogens with one attached hydrogen (secondary N) is 3. The van der Waals surface area contributed by atoms with Gasteiger partial charge in [0.2, 0.25) is 5.91 Å². The normalized spacial score (nSPS) is 11.3. The Bertz CT molecular complexity index is 1030. The molecule has 0 aliphatic carbocycles. The summed E-state index contributed by atoms with van der Waals surface area (Å²) in [5.41, 5.74) is 2.33. The molecule has 0 heterocycles. The monoisotopic (exact) mass is 495 g/mol. The van der Waals surface area contributed by atoms with E-state index < -0.39 is 5.92 Å². The van der Waals surface area contributed by atoms with Crippen LogP contribution in [0, 0.1) is 0 Å². The molecule has 0 aliphatic heterocycles. The molecular formula is C25H26BrN3O3. The molecule has 0 bridgehead atoms. The zero-order valence-electron chi connectivity index (χ0n) is 17.8. The number of benzene rings is 3. The Morgan fingerprint density at radius 1 is 0.906 bits per heavy atom. The quantitative estimate of drug-likeness (QED) is 0.368. The minimum absolute atomic E-state index is 0.137. The number of halogens is 1. The van der Waals surface area contributed by atoms with Gasteiger partial charge in [-0.05, 0) is 48.0 Å². The topological polar surface area (TPSA) is 79.5 Å². The average Bonchev–Trinajstić information content (AvgIpc) is 2.83. The zero-order chi connectivity index (χ0) is 22.8. The molecule has 1 atom stereocenters. The van der Waals surface area contributed by atoms with E-state index in [4.69, 9.17) is 4.74 Å². The minimum atomic E-state index is -0.492. The molecule has 3 rings (SSSR count). The highest BCUT2D eigenvalue weighted by Crippen LogP contribution is 2.17. The molecule has 0 saturated heterocycles. The van der Waals surface area contributed by atoms with Gasteiger partial charge in [-0.15, -0.1) is 0 Å². The van der Waals surface area contributed by atoms with Crippen molar-refractivity contribution < 1.29 is 14.3 Å². The van der Waals surface area contributed by atoms with Crippen molar-refractivity contribution in [3.63, 3.8) is 0 Å². The lowest BCUT2D eigenvalue weighted by molar-refractivity contribution is -0.122. The fourth-order valence-electron chi connectivity index (χ4n) is 3.20. The van der Waals surface area contributed by atoms with E-state index in [9.17, 15) is 9.59 Å². The van der Waals surface area contributed by atoms with E-state index in [-0.39, 0.29) is 18.4 Å². The molecule has 0 spiro atoms. The van der Waals surface area contributed by atoms with Crippen LogP contribution >= 0.6 is 15.9 Å². The second-order valence-corrected chi connectivity index (χ2v) is 8.05. The molecule has 0 radical (unpaired) electrons. The molecule has 6 nitrogen and oxygen atoms in total. The van der Waals surface area contributed by atoms with Gasteiger partial charge >= 0.3 is 0 Å². The standard InChI is InChI=1S/C25H26BrN3O3/c1-32-22-12-10-21(11-13-22)27-14-15-28-25(31)23(18-6-3-2-4-7-18)17-29-24(30)19-8-5-9-20(26)16-19/h2-13,16,23,27H,14-15,17H2,1H3,(H,28,31)(H,29,30). The maximum atomic E-state index is 12.9. The number of hydrogen-bond acceptors (Lipinski definition) is 4. The molecule has 3 aromatic rings. The molecule has 166 valence electrons. The molecule has 1 unspecified atom stereocenters. The van der Waals surface area contributed by atoms with Crippen LogP contribution in [0.4, 0.5) is 5.69 Å². The number of methoxy groups -OCH3 is 1. The van der Waals surface area contributed by atoms with Crippen molar-refractivity contribution in [1.82, 2.24) is 10.6 Å². The molecule has 0 saturated carbocycles. The van der Waals surface area contributed by atoms with Crippen LogP contribution in [-0.4, -0.2) is 38.6 Å². The lowest BCUT2D eigenvalue weighted by Crippen LogP contribution is -2.39. The summed E-state index contributed by atoms with van der Waals surface area (Å²) in [6.45, 7) is 1.23. The smallest absolute Gasteiger partial charge is 0.251 e. The summed E-state index contributed by atoms with van der Waals surface area (Å²) < 4.78 is 5.98. The van der Waals surface area contributed by atoms with Gasteiger partial charge < -0.3 is 20.7 Å². The van der Waals surface area contributed by atoms with E-state index >= 15 is 0 Å². The Kier molecular flexibility index (Phi) is 8.69. The van der Waals surface area contributed by atoms with Gasteiger partial charge in [0.1, 0.15) is 5.75 Å². The minimum Gasteiger partial charge on any atom is -0.497 e. The van der Waals surface area contributed by atoms with E-state index in [1.807, 2.05) is 60.7 Å². The molecular weight excluding hydrogens is 470 g/mol. The number of carbonyl (C=O) groups is 2. The fourth-order valence-corrected chi connectivity index (χ4v) is 3.60. The van der Waals surface area contributed by atoms with Crippen molar-refractivity contribution in [1.29, 1.82) is 0 Å². The highest BCUT2D eigenvalue weighted by molar-refractivity contribution is 9.10. The van der Waals surface area contributed by atoms with Gasteiger partial charge in [-0.3, -0.25) is 9.59 Å². The Morgan fingerprint density at radius 2 is 1.66 bits per heavy atom. The summed E-state index contributed by atoms with van der Waals surface area (Å²) in [6, 6.07) is 24.2. The van der Waals surface area contributed by atoms with Gasteiger partial charge in [0.25, 0.3) is 5.91 Å². The SMILES string of the molecule is COc1ccc(NCCNC(=O)C(CNC(=O)c2cccc(Br)c2)c2ccccc2)cc1. The maximum Gasteiger partial charge on any atom is 0.251 e. The van der Waals surface area contributed by atoms with Crippen molar-refractivity contribution in [2.24, 2.45) is 0 Å². The molecule has 3 N–H and O–H groups in total. The first kappa shape index (κ1) is 23.3. The predicted molar refractivity (Wildman–Crippen MR) is 130 cm³/mol. The maximum absolute atomic E-state index is 12.9. The van der Waals surface area contributed by atoms with Crippen LogP contribution in [0.2, 0.25) is 0 Å². The average molecular weight is 496 g/mol. The first-order valence-corrected chi connectivity index (χ1v) is 11.1. The van der Waals surface area contributed by atoms with Gasteiger partial charge in [-0.2, -0.15) is 0 Å². The lowest BCUT2D eigenvalue weighted by Gasteiger charge is -2.18. The van der Waals surface area contributed by atoms with Gasteiger partial charge in [0, 0.05) is 35.4 Å². The number of amides is 2. The van der Waals surface area contributed by atoms with Crippen LogP contribution in [-0.2, 0) is 4.79 Å². The highest BCUT2D eigenvalue weighted by atomic mass is 79.9. The highest BCUT2D eigenvalue weighted by Gasteiger charge is 2.21. The van der Waals surface area contributed by atoms with E-state index in [0.717, 1.165) is 21.5 Å². The van der Waals surface area contributed by atoms with Crippen molar-refractivity contribution in [2.45, 2.75) is 5.92 Å². The lowest BCUT2D eigenvalue weighted by atomic mass is 9.98. The van der Waals surface area contributed by atoms with E-state index in [0.29, 0.717) is 18.7 Å². The molecule has 0 aromatic heterocycles. The number of anilines is 1. The molecule has 7 heteroatoms. The second kappa shape index (κ2) is 11.9. The van der Waals surface area contributed by atoms with Crippen molar-refractivity contribution >= 4 is 33.4 Å². The summed E-state index contributed by atoms with van der Waals surface area (Å²) in [6.07, 6.45) is 0. The third kappa shape index (κ3) is 6.85. The van der Waals surface area contributed by atoms with Crippen LogP contribution in [0.1, 0.15) is 21.8 Å². The largest absolute Gasteiger partial charge is 0.497 e. The Morgan fingerprint density at radius 3 is 2.34 bits per heavy atom. The summed E-state index contributed by atoms with van der Waals surface area (Å²) in [5.74, 6) is -0.0590. The Hall–Kier alpha value is -3.32. The fraction of sp³-hybridized carbons (Fsp3) is 0.200. The van der Waals surface area contributed by atoms with Gasteiger partial charge in [0.15, 0.2) is 0 Å². The van der Waals surface area contributed by atoms with Gasteiger partial charge in [0.05, 0.1) is 13.0 Å². The number of rotatable bonds is 10. The van der Waals surface area contributed by atoms with E-state index in [1.54, 1.807) is 25.3 Å². The van der Waals surface area contributed by atoms with Crippen LogP contribution in [0.25, 0.3) is 0 Å². The van der Waals surface area contributed by atoms with Crippen molar-refractivity contribution in [2.75, 3.05) is 32.1 Å². The molecule has 2 amide bonds. The summed E-state index contributed by atoms with van der Waals surface area (Å²) in [7, 11) is 1.63. The number of ether oxygens (including phenoxy) is 1. The number of carbonyl (C=O) groups excluding carboxylic acids is 2. The third-order valence-electron chi connectivity index (χ3n) is 4.92. The van der Waals surface area contributed by atoms with Crippen LogP contribution < -0.4 is 20.7 Å². The van der Waals surface area contributed by atoms with Crippen molar-refractivity contribution in [3.8, 4) is 5.75 Å².